The van der Waals surface area contributed by atoms with Crippen molar-refractivity contribution >= 4 is 6.03 Å². The standard InChI is InChI=1S/C33H45N3O2/c1-26(2)22-36(32(38)34-33(3,4)5)25-31(37)30(21-27-15-9-6-10-16-27)35(23-28-17-11-7-12-18-28)24-29-19-13-8-14-20-29/h6-20,26,30-31,37H,21-25H2,1-5H3,(H,34,38)/t30-,31-/m0/s1. The van der Waals surface area contributed by atoms with Crippen molar-refractivity contribution in [2.24, 2.45) is 5.92 Å². The van der Waals surface area contributed by atoms with E-state index in [-0.39, 0.29) is 30.1 Å². The van der Waals surface area contributed by atoms with Crippen molar-refractivity contribution in [1.82, 2.24) is 15.1 Å². The number of hydrogen-bond donors (Lipinski definition) is 2. The third-order valence-electron chi connectivity index (χ3n) is 6.42. The molecule has 5 nitrogen and oxygen atoms in total. The average Bonchev–Trinajstić information content (AvgIpc) is 2.87. The lowest BCUT2D eigenvalue weighted by atomic mass is 9.97. The van der Waals surface area contributed by atoms with Crippen LogP contribution in [0, 0.1) is 5.92 Å². The number of benzene rings is 3. The first-order chi connectivity index (χ1) is 18.1. The monoisotopic (exact) mass is 515 g/mol. The Morgan fingerprint density at radius 1 is 0.763 bits per heavy atom. The molecule has 0 saturated carbocycles. The molecule has 3 rings (SSSR count). The van der Waals surface area contributed by atoms with Crippen LogP contribution in [0.2, 0.25) is 0 Å². The van der Waals surface area contributed by atoms with Crippen LogP contribution in [0.3, 0.4) is 0 Å². The Balaban J connectivity index is 1.94. The topological polar surface area (TPSA) is 55.8 Å². The highest BCUT2D eigenvalue weighted by Gasteiger charge is 2.31. The summed E-state index contributed by atoms with van der Waals surface area (Å²) in [4.78, 5) is 17.4. The Hall–Kier alpha value is -3.15. The van der Waals surface area contributed by atoms with Crippen LogP contribution in [0.15, 0.2) is 91.0 Å². The molecule has 0 fully saturated rings. The summed E-state index contributed by atoms with van der Waals surface area (Å²) < 4.78 is 0. The van der Waals surface area contributed by atoms with E-state index in [0.29, 0.717) is 26.1 Å². The lowest BCUT2D eigenvalue weighted by Gasteiger charge is -2.38. The van der Waals surface area contributed by atoms with E-state index in [0.717, 1.165) is 5.56 Å². The predicted octanol–water partition coefficient (Wildman–Crippen LogP) is 6.13. The van der Waals surface area contributed by atoms with Crippen molar-refractivity contribution in [3.63, 3.8) is 0 Å². The molecule has 2 N–H and O–H groups in total. The number of amides is 2. The first-order valence-electron chi connectivity index (χ1n) is 13.7. The number of nitrogens with zero attached hydrogens (tertiary/aromatic N) is 2. The summed E-state index contributed by atoms with van der Waals surface area (Å²) in [6.45, 7) is 12.4. The number of rotatable bonds is 12. The van der Waals surface area contributed by atoms with Crippen molar-refractivity contribution in [3.05, 3.63) is 108 Å². The van der Waals surface area contributed by atoms with Crippen LogP contribution in [-0.2, 0) is 19.5 Å². The second-order valence-corrected chi connectivity index (χ2v) is 11.7. The second-order valence-electron chi connectivity index (χ2n) is 11.7. The van der Waals surface area contributed by atoms with Gasteiger partial charge in [0, 0.05) is 37.8 Å². The van der Waals surface area contributed by atoms with Crippen molar-refractivity contribution in [1.29, 1.82) is 0 Å². The molecule has 0 radical (unpaired) electrons. The van der Waals surface area contributed by atoms with Gasteiger partial charge in [-0.1, -0.05) is 105 Å². The van der Waals surface area contributed by atoms with Crippen LogP contribution >= 0.6 is 0 Å². The van der Waals surface area contributed by atoms with E-state index in [2.05, 4.69) is 84.7 Å². The first kappa shape index (κ1) is 29.4. The van der Waals surface area contributed by atoms with Crippen molar-refractivity contribution in [2.45, 2.75) is 71.8 Å². The minimum atomic E-state index is -0.743. The fourth-order valence-corrected chi connectivity index (χ4v) is 4.72. The van der Waals surface area contributed by atoms with Crippen LogP contribution in [0.5, 0.6) is 0 Å². The largest absolute Gasteiger partial charge is 0.390 e. The van der Waals surface area contributed by atoms with E-state index in [9.17, 15) is 9.90 Å². The van der Waals surface area contributed by atoms with Crippen LogP contribution in [0.1, 0.15) is 51.3 Å². The molecule has 0 heterocycles. The van der Waals surface area contributed by atoms with Gasteiger partial charge in [-0.25, -0.2) is 4.79 Å². The van der Waals surface area contributed by atoms with E-state index >= 15 is 0 Å². The van der Waals surface area contributed by atoms with Crippen LogP contribution in [-0.4, -0.2) is 51.7 Å². The van der Waals surface area contributed by atoms with Gasteiger partial charge in [-0.15, -0.1) is 0 Å². The van der Waals surface area contributed by atoms with Crippen molar-refractivity contribution < 1.29 is 9.90 Å². The number of urea groups is 1. The van der Waals surface area contributed by atoms with Crippen LogP contribution in [0.4, 0.5) is 4.79 Å². The molecule has 0 aliphatic rings. The third kappa shape index (κ3) is 9.96. The highest BCUT2D eigenvalue weighted by atomic mass is 16.3. The smallest absolute Gasteiger partial charge is 0.317 e. The van der Waals surface area contributed by atoms with E-state index in [1.807, 2.05) is 51.1 Å². The van der Waals surface area contributed by atoms with E-state index in [1.54, 1.807) is 4.90 Å². The van der Waals surface area contributed by atoms with Gasteiger partial charge in [0.15, 0.2) is 0 Å². The minimum absolute atomic E-state index is 0.138. The number of hydrogen-bond acceptors (Lipinski definition) is 3. The molecule has 2 amide bonds. The summed E-state index contributed by atoms with van der Waals surface area (Å²) >= 11 is 0. The molecule has 0 aliphatic carbocycles. The Labute approximate surface area is 229 Å². The summed E-state index contributed by atoms with van der Waals surface area (Å²) in [5.74, 6) is 0.283. The summed E-state index contributed by atoms with van der Waals surface area (Å²) in [6.07, 6.45) is -0.0648. The molecule has 0 aromatic heterocycles. The molecule has 0 spiro atoms. The maximum absolute atomic E-state index is 13.3. The Kier molecular flexibility index (Phi) is 10.9. The Bertz CT molecular complexity index is 1040. The third-order valence-corrected chi connectivity index (χ3v) is 6.42. The van der Waals surface area contributed by atoms with Gasteiger partial charge in [-0.05, 0) is 49.8 Å². The summed E-state index contributed by atoms with van der Waals surface area (Å²) in [7, 11) is 0. The van der Waals surface area contributed by atoms with Gasteiger partial charge in [-0.2, -0.15) is 0 Å². The number of carbonyl (C=O) groups excluding carboxylic acids is 1. The van der Waals surface area contributed by atoms with Crippen LogP contribution < -0.4 is 5.32 Å². The molecule has 2 atom stereocenters. The lowest BCUT2D eigenvalue weighted by Crippen LogP contribution is -2.55. The SMILES string of the molecule is CC(C)CN(C[C@H](O)[C@H](Cc1ccccc1)N(Cc1ccccc1)Cc1ccccc1)C(=O)NC(C)(C)C. The summed E-state index contributed by atoms with van der Waals surface area (Å²) in [5, 5.41) is 15.0. The molecule has 0 aliphatic heterocycles. The molecular weight excluding hydrogens is 470 g/mol. The van der Waals surface area contributed by atoms with Crippen LogP contribution in [0.25, 0.3) is 0 Å². The zero-order chi connectivity index (χ0) is 27.5. The molecule has 38 heavy (non-hydrogen) atoms. The normalized spacial score (nSPS) is 13.4. The summed E-state index contributed by atoms with van der Waals surface area (Å²) in [6, 6.07) is 30.8. The van der Waals surface area contributed by atoms with Gasteiger partial charge in [0.2, 0.25) is 0 Å². The maximum Gasteiger partial charge on any atom is 0.317 e. The van der Waals surface area contributed by atoms with Gasteiger partial charge in [0.25, 0.3) is 0 Å². The highest BCUT2D eigenvalue weighted by molar-refractivity contribution is 5.75. The zero-order valence-electron chi connectivity index (χ0n) is 23.7. The van der Waals surface area contributed by atoms with E-state index < -0.39 is 6.10 Å². The molecular formula is C33H45N3O2. The predicted molar refractivity (Wildman–Crippen MR) is 157 cm³/mol. The van der Waals surface area contributed by atoms with Gasteiger partial charge < -0.3 is 15.3 Å². The Morgan fingerprint density at radius 2 is 1.21 bits per heavy atom. The van der Waals surface area contributed by atoms with Gasteiger partial charge in [-0.3, -0.25) is 4.90 Å². The molecule has 0 unspecified atom stereocenters. The number of aliphatic hydroxyl groups excluding tert-OH is 1. The van der Waals surface area contributed by atoms with E-state index in [4.69, 9.17) is 0 Å². The number of aliphatic hydroxyl groups is 1. The Morgan fingerprint density at radius 3 is 1.63 bits per heavy atom. The quantitative estimate of drug-likeness (QED) is 0.305. The molecule has 5 heteroatoms. The highest BCUT2D eigenvalue weighted by Crippen LogP contribution is 2.21. The van der Waals surface area contributed by atoms with Gasteiger partial charge in [0.1, 0.15) is 0 Å². The fraction of sp³-hybridized carbons (Fsp3) is 0.424. The van der Waals surface area contributed by atoms with Gasteiger partial charge in [0.05, 0.1) is 6.10 Å². The van der Waals surface area contributed by atoms with Crippen molar-refractivity contribution in [2.75, 3.05) is 13.1 Å². The minimum Gasteiger partial charge on any atom is -0.390 e. The molecule has 0 saturated heterocycles. The summed E-state index contributed by atoms with van der Waals surface area (Å²) in [5.41, 5.74) is 3.20. The average molecular weight is 516 g/mol. The van der Waals surface area contributed by atoms with Crippen molar-refractivity contribution in [3.8, 4) is 0 Å². The molecule has 0 bridgehead atoms. The maximum atomic E-state index is 13.3. The lowest BCUT2D eigenvalue weighted by molar-refractivity contribution is 0.0201. The second kappa shape index (κ2) is 14.1. The first-order valence-corrected chi connectivity index (χ1v) is 13.7. The number of nitrogens with one attached hydrogen (secondary N) is 1. The zero-order valence-corrected chi connectivity index (χ0v) is 23.7. The molecule has 3 aromatic carbocycles. The molecule has 3 aromatic rings. The molecule has 204 valence electrons. The van der Waals surface area contributed by atoms with E-state index in [1.165, 1.54) is 11.1 Å². The van der Waals surface area contributed by atoms with Gasteiger partial charge >= 0.3 is 6.03 Å². The number of carbonyl (C=O) groups is 1. The fourth-order valence-electron chi connectivity index (χ4n) is 4.72.